The van der Waals surface area contributed by atoms with Crippen LogP contribution in [-0.4, -0.2) is 9.55 Å². The van der Waals surface area contributed by atoms with Gasteiger partial charge in [0.1, 0.15) is 0 Å². The lowest BCUT2D eigenvalue weighted by Gasteiger charge is -2.11. The van der Waals surface area contributed by atoms with Gasteiger partial charge in [-0.15, -0.1) is 0 Å². The number of aromatic nitrogens is 2. The molecule has 0 aliphatic rings. The molecule has 2 aromatic rings. The Hall–Kier alpha value is -1.29. The van der Waals surface area contributed by atoms with Gasteiger partial charge >= 0.3 is 0 Å². The maximum atomic E-state index is 4.54. The lowest BCUT2D eigenvalue weighted by Crippen LogP contribution is -2.10. The Morgan fingerprint density at radius 2 is 2.16 bits per heavy atom. The Balaban J connectivity index is 2.06. The minimum atomic E-state index is 0.611. The fraction of sp³-hybridized carbons (Fsp3) is 0.400. The van der Waals surface area contributed by atoms with Crippen LogP contribution in [0.25, 0.3) is 0 Å². The van der Waals surface area contributed by atoms with Crippen LogP contribution >= 0.6 is 15.9 Å². The second-order valence-electron chi connectivity index (χ2n) is 5.24. The van der Waals surface area contributed by atoms with Crippen molar-refractivity contribution in [2.24, 2.45) is 5.92 Å². The number of aryl methyl sites for hydroxylation is 1. The molecule has 2 rings (SSSR count). The van der Waals surface area contributed by atoms with E-state index < -0.39 is 0 Å². The zero-order chi connectivity index (χ0) is 13.8. The number of benzene rings is 1. The van der Waals surface area contributed by atoms with Crippen molar-refractivity contribution < 1.29 is 0 Å². The predicted octanol–water partition coefficient (Wildman–Crippen LogP) is 4.22. The number of rotatable bonds is 5. The Morgan fingerprint density at radius 1 is 1.37 bits per heavy atom. The normalized spacial score (nSPS) is 11.0. The van der Waals surface area contributed by atoms with Crippen molar-refractivity contribution in [3.05, 3.63) is 46.2 Å². The first-order valence-electron chi connectivity index (χ1n) is 6.56. The zero-order valence-electron chi connectivity index (χ0n) is 11.7. The van der Waals surface area contributed by atoms with Gasteiger partial charge in [0.2, 0.25) is 5.95 Å². The molecule has 0 spiro atoms. The molecule has 0 unspecified atom stereocenters. The number of imidazole rings is 1. The maximum Gasteiger partial charge on any atom is 0.203 e. The summed E-state index contributed by atoms with van der Waals surface area (Å²) in [7, 11) is 0. The first-order chi connectivity index (χ1) is 9.04. The minimum Gasteiger partial charge on any atom is -0.352 e. The largest absolute Gasteiger partial charge is 0.352 e. The standard InChI is InChI=1S/C15H20BrN3/c1-11(2)9-19-10-12(3)18-15(19)17-8-13-5-4-6-14(16)7-13/h4-7,10-11H,8-9H2,1-3H3,(H,17,18). The van der Waals surface area contributed by atoms with Crippen molar-refractivity contribution in [1.29, 1.82) is 0 Å². The first kappa shape index (κ1) is 14.1. The molecule has 0 radical (unpaired) electrons. The van der Waals surface area contributed by atoms with Crippen LogP contribution in [-0.2, 0) is 13.1 Å². The second-order valence-corrected chi connectivity index (χ2v) is 6.15. The summed E-state index contributed by atoms with van der Waals surface area (Å²) in [5, 5.41) is 3.41. The molecule has 0 saturated heterocycles. The Morgan fingerprint density at radius 3 is 2.84 bits per heavy atom. The van der Waals surface area contributed by atoms with E-state index in [0.29, 0.717) is 5.92 Å². The van der Waals surface area contributed by atoms with Gasteiger partial charge in [0.25, 0.3) is 0 Å². The molecule has 1 aromatic carbocycles. The molecule has 3 nitrogen and oxygen atoms in total. The van der Waals surface area contributed by atoms with Crippen LogP contribution in [0.15, 0.2) is 34.9 Å². The van der Waals surface area contributed by atoms with Crippen LogP contribution in [0.2, 0.25) is 0 Å². The first-order valence-corrected chi connectivity index (χ1v) is 7.36. The highest BCUT2D eigenvalue weighted by Crippen LogP contribution is 2.15. The second kappa shape index (κ2) is 6.24. The number of halogens is 1. The van der Waals surface area contributed by atoms with E-state index in [1.54, 1.807) is 0 Å². The average molecular weight is 322 g/mol. The molecule has 1 heterocycles. The summed E-state index contributed by atoms with van der Waals surface area (Å²) in [4.78, 5) is 4.54. The van der Waals surface area contributed by atoms with E-state index in [1.807, 2.05) is 19.1 Å². The van der Waals surface area contributed by atoms with E-state index in [9.17, 15) is 0 Å². The number of hydrogen-bond donors (Lipinski definition) is 1. The van der Waals surface area contributed by atoms with E-state index in [2.05, 4.69) is 63.0 Å². The number of hydrogen-bond acceptors (Lipinski definition) is 2. The van der Waals surface area contributed by atoms with Gasteiger partial charge in [0.05, 0.1) is 5.69 Å². The number of nitrogens with one attached hydrogen (secondary N) is 1. The monoisotopic (exact) mass is 321 g/mol. The van der Waals surface area contributed by atoms with Crippen LogP contribution in [0.4, 0.5) is 5.95 Å². The third-order valence-corrected chi connectivity index (χ3v) is 3.29. The highest BCUT2D eigenvalue weighted by molar-refractivity contribution is 9.10. The van der Waals surface area contributed by atoms with Crippen LogP contribution in [0.5, 0.6) is 0 Å². The summed E-state index contributed by atoms with van der Waals surface area (Å²) in [6, 6.07) is 8.32. The fourth-order valence-electron chi connectivity index (χ4n) is 2.05. The summed E-state index contributed by atoms with van der Waals surface area (Å²) >= 11 is 3.49. The van der Waals surface area contributed by atoms with Gasteiger partial charge in [-0.1, -0.05) is 41.9 Å². The van der Waals surface area contributed by atoms with Gasteiger partial charge in [0, 0.05) is 23.8 Å². The molecule has 0 saturated carbocycles. The average Bonchev–Trinajstić information content (AvgIpc) is 2.66. The summed E-state index contributed by atoms with van der Waals surface area (Å²) < 4.78 is 3.30. The van der Waals surface area contributed by atoms with Crippen LogP contribution in [0.1, 0.15) is 25.1 Å². The summed E-state index contributed by atoms with van der Waals surface area (Å²) in [6.45, 7) is 8.23. The Kier molecular flexibility index (Phi) is 4.64. The minimum absolute atomic E-state index is 0.611. The van der Waals surface area contributed by atoms with Crippen molar-refractivity contribution in [2.75, 3.05) is 5.32 Å². The van der Waals surface area contributed by atoms with Gasteiger partial charge in [0.15, 0.2) is 0 Å². The van der Waals surface area contributed by atoms with Gasteiger partial charge in [-0.2, -0.15) is 0 Å². The third kappa shape index (κ3) is 4.10. The fourth-order valence-corrected chi connectivity index (χ4v) is 2.50. The SMILES string of the molecule is Cc1cn(CC(C)C)c(NCc2cccc(Br)c2)n1. The van der Waals surface area contributed by atoms with Gasteiger partial charge in [-0.3, -0.25) is 0 Å². The van der Waals surface area contributed by atoms with Crippen LogP contribution < -0.4 is 5.32 Å². The number of nitrogens with zero attached hydrogens (tertiary/aromatic N) is 2. The van der Waals surface area contributed by atoms with Gasteiger partial charge in [-0.05, 0) is 30.5 Å². The molecule has 102 valence electrons. The quantitative estimate of drug-likeness (QED) is 0.893. The summed E-state index contributed by atoms with van der Waals surface area (Å²) in [5.41, 5.74) is 2.29. The highest BCUT2D eigenvalue weighted by atomic mass is 79.9. The predicted molar refractivity (Wildman–Crippen MR) is 83.3 cm³/mol. The van der Waals surface area contributed by atoms with E-state index in [0.717, 1.165) is 29.2 Å². The molecular formula is C15H20BrN3. The lowest BCUT2D eigenvalue weighted by molar-refractivity contribution is 0.526. The molecule has 1 N–H and O–H groups in total. The molecule has 0 fully saturated rings. The summed E-state index contributed by atoms with van der Waals surface area (Å²) in [6.07, 6.45) is 2.10. The highest BCUT2D eigenvalue weighted by Gasteiger charge is 2.06. The van der Waals surface area contributed by atoms with E-state index >= 15 is 0 Å². The van der Waals surface area contributed by atoms with E-state index in [4.69, 9.17) is 0 Å². The van der Waals surface area contributed by atoms with E-state index in [-0.39, 0.29) is 0 Å². The molecule has 0 amide bonds. The Labute approximate surface area is 123 Å². The van der Waals surface area contributed by atoms with E-state index in [1.165, 1.54) is 5.56 Å². The van der Waals surface area contributed by atoms with Crippen molar-refractivity contribution in [3.63, 3.8) is 0 Å². The maximum absolute atomic E-state index is 4.54. The zero-order valence-corrected chi connectivity index (χ0v) is 13.2. The molecule has 0 aliphatic heterocycles. The van der Waals surface area contributed by atoms with Crippen molar-refractivity contribution in [1.82, 2.24) is 9.55 Å². The van der Waals surface area contributed by atoms with Gasteiger partial charge in [-0.25, -0.2) is 4.98 Å². The summed E-state index contributed by atoms with van der Waals surface area (Å²) in [5.74, 6) is 1.56. The third-order valence-electron chi connectivity index (χ3n) is 2.80. The topological polar surface area (TPSA) is 29.9 Å². The van der Waals surface area contributed by atoms with Crippen LogP contribution in [0, 0.1) is 12.8 Å². The molecule has 19 heavy (non-hydrogen) atoms. The lowest BCUT2D eigenvalue weighted by atomic mass is 10.2. The molecular weight excluding hydrogens is 302 g/mol. The van der Waals surface area contributed by atoms with Crippen molar-refractivity contribution >= 4 is 21.9 Å². The smallest absolute Gasteiger partial charge is 0.203 e. The van der Waals surface area contributed by atoms with Gasteiger partial charge < -0.3 is 9.88 Å². The van der Waals surface area contributed by atoms with Crippen molar-refractivity contribution in [2.45, 2.75) is 33.9 Å². The number of anilines is 1. The molecule has 1 aromatic heterocycles. The molecule has 0 atom stereocenters. The van der Waals surface area contributed by atoms with Crippen LogP contribution in [0.3, 0.4) is 0 Å². The Bertz CT molecular complexity index is 546. The molecule has 0 bridgehead atoms. The van der Waals surface area contributed by atoms with Crippen molar-refractivity contribution in [3.8, 4) is 0 Å². The molecule has 4 heteroatoms. The molecule has 0 aliphatic carbocycles.